The van der Waals surface area contributed by atoms with E-state index in [9.17, 15) is 4.79 Å². The number of fused-ring (bicyclic) bond motifs is 1. The van der Waals surface area contributed by atoms with Gasteiger partial charge in [0.05, 0.1) is 11.4 Å². The number of hydrogen-bond donors (Lipinski definition) is 1. The number of aromatic nitrogens is 3. The molecule has 1 N–H and O–H groups in total. The van der Waals surface area contributed by atoms with E-state index in [1.807, 2.05) is 50.2 Å². The second-order valence-corrected chi connectivity index (χ2v) is 7.54. The van der Waals surface area contributed by atoms with E-state index < -0.39 is 0 Å². The molecule has 4 rings (SSSR count). The number of aryl methyl sites for hydroxylation is 3. The molecule has 2 aromatic carbocycles. The molecule has 5 nitrogen and oxygen atoms in total. The van der Waals surface area contributed by atoms with Gasteiger partial charge in [-0.3, -0.25) is 4.79 Å². The van der Waals surface area contributed by atoms with Crippen LogP contribution in [0.5, 0.6) is 0 Å². The van der Waals surface area contributed by atoms with Crippen molar-refractivity contribution >= 4 is 23.4 Å². The third-order valence-corrected chi connectivity index (χ3v) is 5.74. The second kappa shape index (κ2) is 6.96. The minimum Gasteiger partial charge on any atom is -0.323 e. The summed E-state index contributed by atoms with van der Waals surface area (Å²) in [6.45, 7) is 3.77. The number of para-hydroxylation sites is 2. The van der Waals surface area contributed by atoms with Crippen molar-refractivity contribution in [2.24, 2.45) is 0 Å². The zero-order chi connectivity index (χ0) is 18.1. The number of carbonyl (C=O) groups excluding carboxylic acids is 1. The van der Waals surface area contributed by atoms with Gasteiger partial charge >= 0.3 is 0 Å². The van der Waals surface area contributed by atoms with Crippen LogP contribution in [0.25, 0.3) is 5.69 Å². The minimum atomic E-state index is -0.188. The maximum atomic E-state index is 13.0. The number of rotatable bonds is 3. The van der Waals surface area contributed by atoms with Crippen LogP contribution in [-0.2, 0) is 11.2 Å². The lowest BCUT2D eigenvalue weighted by atomic mass is 10.0. The Hall–Kier alpha value is -2.60. The summed E-state index contributed by atoms with van der Waals surface area (Å²) in [5, 5.41) is 7.37. The Morgan fingerprint density at radius 2 is 1.92 bits per heavy atom. The average molecular weight is 364 g/mol. The Morgan fingerprint density at radius 1 is 1.15 bits per heavy atom. The molecule has 0 radical (unpaired) electrons. The SMILES string of the molecule is Cc1nc(C)n(-c2ccccc2NC(=O)C2SCCc3ccccc32)n1. The van der Waals surface area contributed by atoms with Gasteiger partial charge in [0.1, 0.15) is 16.9 Å². The third kappa shape index (κ3) is 3.12. The van der Waals surface area contributed by atoms with E-state index >= 15 is 0 Å². The molecule has 0 fully saturated rings. The quantitative estimate of drug-likeness (QED) is 0.767. The fourth-order valence-corrected chi connectivity index (χ4v) is 4.52. The molecule has 1 aliphatic heterocycles. The van der Waals surface area contributed by atoms with Crippen LogP contribution < -0.4 is 5.32 Å². The van der Waals surface area contributed by atoms with E-state index in [-0.39, 0.29) is 11.2 Å². The molecule has 1 unspecified atom stereocenters. The lowest BCUT2D eigenvalue weighted by Gasteiger charge is -2.24. The van der Waals surface area contributed by atoms with Crippen LogP contribution in [0, 0.1) is 13.8 Å². The molecule has 0 aliphatic carbocycles. The first kappa shape index (κ1) is 16.8. The van der Waals surface area contributed by atoms with Crippen molar-refractivity contribution in [3.8, 4) is 5.69 Å². The first-order chi connectivity index (χ1) is 12.6. The lowest BCUT2D eigenvalue weighted by molar-refractivity contribution is -0.115. The minimum absolute atomic E-state index is 0.00379. The number of nitrogens with one attached hydrogen (secondary N) is 1. The fraction of sp³-hybridized carbons (Fsp3) is 0.250. The number of benzene rings is 2. The van der Waals surface area contributed by atoms with Crippen molar-refractivity contribution in [1.29, 1.82) is 0 Å². The molecule has 0 saturated heterocycles. The molecular formula is C20H20N4OS. The van der Waals surface area contributed by atoms with Gasteiger partial charge in [-0.05, 0) is 49.3 Å². The van der Waals surface area contributed by atoms with Crippen molar-refractivity contribution < 1.29 is 4.79 Å². The Balaban J connectivity index is 1.65. The highest BCUT2D eigenvalue weighted by Gasteiger charge is 2.27. The highest BCUT2D eigenvalue weighted by Crippen LogP contribution is 2.37. The van der Waals surface area contributed by atoms with Gasteiger partial charge in [-0.15, -0.1) is 11.8 Å². The molecule has 132 valence electrons. The van der Waals surface area contributed by atoms with E-state index in [0.29, 0.717) is 5.82 Å². The van der Waals surface area contributed by atoms with Crippen LogP contribution in [0.15, 0.2) is 48.5 Å². The monoisotopic (exact) mass is 364 g/mol. The van der Waals surface area contributed by atoms with Crippen molar-refractivity contribution in [1.82, 2.24) is 14.8 Å². The van der Waals surface area contributed by atoms with E-state index in [1.165, 1.54) is 5.56 Å². The Labute approximate surface area is 156 Å². The molecule has 1 atom stereocenters. The van der Waals surface area contributed by atoms with Gasteiger partial charge in [0.25, 0.3) is 0 Å². The molecular weight excluding hydrogens is 344 g/mol. The van der Waals surface area contributed by atoms with Gasteiger partial charge in [0.15, 0.2) is 0 Å². The summed E-state index contributed by atoms with van der Waals surface area (Å²) in [4.78, 5) is 17.4. The number of carbonyl (C=O) groups is 1. The molecule has 3 aromatic rings. The van der Waals surface area contributed by atoms with Crippen LogP contribution in [0.1, 0.15) is 28.0 Å². The number of amides is 1. The van der Waals surface area contributed by atoms with Crippen LogP contribution in [0.4, 0.5) is 5.69 Å². The molecule has 26 heavy (non-hydrogen) atoms. The summed E-state index contributed by atoms with van der Waals surface area (Å²) in [6.07, 6.45) is 1.01. The van der Waals surface area contributed by atoms with Gasteiger partial charge < -0.3 is 5.32 Å². The maximum absolute atomic E-state index is 13.0. The topological polar surface area (TPSA) is 59.8 Å². The van der Waals surface area contributed by atoms with E-state index in [2.05, 4.69) is 27.5 Å². The van der Waals surface area contributed by atoms with Gasteiger partial charge in [-0.2, -0.15) is 5.10 Å². The zero-order valence-corrected chi connectivity index (χ0v) is 15.6. The predicted molar refractivity (Wildman–Crippen MR) is 105 cm³/mol. The number of nitrogens with zero attached hydrogens (tertiary/aromatic N) is 3. The van der Waals surface area contributed by atoms with Crippen molar-refractivity contribution in [2.75, 3.05) is 11.1 Å². The third-order valence-electron chi connectivity index (χ3n) is 4.50. The van der Waals surface area contributed by atoms with Crippen LogP contribution in [-0.4, -0.2) is 26.4 Å². The zero-order valence-electron chi connectivity index (χ0n) is 14.8. The molecule has 2 heterocycles. The second-order valence-electron chi connectivity index (χ2n) is 6.32. The summed E-state index contributed by atoms with van der Waals surface area (Å²) in [6, 6.07) is 15.9. The first-order valence-electron chi connectivity index (χ1n) is 8.63. The molecule has 1 amide bonds. The summed E-state index contributed by atoms with van der Waals surface area (Å²) in [5.41, 5.74) is 3.95. The highest BCUT2D eigenvalue weighted by atomic mass is 32.2. The van der Waals surface area contributed by atoms with Crippen LogP contribution >= 0.6 is 11.8 Å². The Bertz CT molecular complexity index is 966. The molecule has 1 aromatic heterocycles. The normalized spacial score (nSPS) is 16.2. The van der Waals surface area contributed by atoms with Crippen molar-refractivity contribution in [3.63, 3.8) is 0 Å². The van der Waals surface area contributed by atoms with Crippen molar-refractivity contribution in [2.45, 2.75) is 25.5 Å². The standard InChI is InChI=1S/C20H20N4OS/c1-13-21-14(2)24(23-13)18-10-6-5-9-17(18)22-20(25)19-16-8-4-3-7-15(16)11-12-26-19/h3-10,19H,11-12H2,1-2H3,(H,22,25). The Kier molecular flexibility index (Phi) is 4.51. The summed E-state index contributed by atoms with van der Waals surface area (Å²) < 4.78 is 1.77. The van der Waals surface area contributed by atoms with Gasteiger partial charge in [-0.25, -0.2) is 9.67 Å². The van der Waals surface area contributed by atoms with Crippen LogP contribution in [0.2, 0.25) is 0 Å². The summed E-state index contributed by atoms with van der Waals surface area (Å²) >= 11 is 1.70. The number of hydrogen-bond acceptors (Lipinski definition) is 4. The van der Waals surface area contributed by atoms with E-state index in [1.54, 1.807) is 16.4 Å². The summed E-state index contributed by atoms with van der Waals surface area (Å²) in [5.74, 6) is 2.46. The van der Waals surface area contributed by atoms with Gasteiger partial charge in [-0.1, -0.05) is 36.4 Å². The van der Waals surface area contributed by atoms with Gasteiger partial charge in [0, 0.05) is 0 Å². The smallest absolute Gasteiger partial charge is 0.242 e. The molecule has 6 heteroatoms. The summed E-state index contributed by atoms with van der Waals surface area (Å²) in [7, 11) is 0. The fourth-order valence-electron chi connectivity index (χ4n) is 3.32. The van der Waals surface area contributed by atoms with E-state index in [0.717, 1.165) is 34.9 Å². The molecule has 0 spiro atoms. The molecule has 0 bridgehead atoms. The van der Waals surface area contributed by atoms with E-state index in [4.69, 9.17) is 0 Å². The predicted octanol–water partition coefficient (Wildman–Crippen LogP) is 3.85. The largest absolute Gasteiger partial charge is 0.323 e. The lowest BCUT2D eigenvalue weighted by Crippen LogP contribution is -2.23. The molecule has 0 saturated carbocycles. The highest BCUT2D eigenvalue weighted by molar-refractivity contribution is 8.00. The van der Waals surface area contributed by atoms with Gasteiger partial charge in [0.2, 0.25) is 5.91 Å². The number of thioether (sulfide) groups is 1. The van der Waals surface area contributed by atoms with Crippen LogP contribution in [0.3, 0.4) is 0 Å². The number of anilines is 1. The first-order valence-corrected chi connectivity index (χ1v) is 9.68. The van der Waals surface area contributed by atoms with Crippen molar-refractivity contribution in [3.05, 3.63) is 71.3 Å². The Morgan fingerprint density at radius 3 is 2.73 bits per heavy atom. The maximum Gasteiger partial charge on any atom is 0.242 e. The molecule has 1 aliphatic rings. The average Bonchev–Trinajstić information content (AvgIpc) is 2.99.